The monoisotopic (exact) mass is 831 g/mol. The fraction of sp³-hybridized carbons (Fsp3) is 0.0476. The van der Waals surface area contributed by atoms with E-state index in [4.69, 9.17) is 4.74 Å². The number of anilines is 3. The average Bonchev–Trinajstić information content (AvgIpc) is 3.39. The Hall–Kier alpha value is -8.20. The Balaban J connectivity index is 0.950. The molecule has 0 amide bonds. The van der Waals surface area contributed by atoms with Crippen molar-refractivity contribution in [1.82, 2.24) is 0 Å². The van der Waals surface area contributed by atoms with E-state index in [-0.39, 0.29) is 12.0 Å². The maximum atomic E-state index is 7.29. The number of hydrogen-bond donors (Lipinski definition) is 0. The molecule has 1 heterocycles. The third-order valence-electron chi connectivity index (χ3n) is 13.6. The summed E-state index contributed by atoms with van der Waals surface area (Å²) in [5.41, 5.74) is 16.0. The van der Waals surface area contributed by atoms with E-state index in [0.717, 1.165) is 33.8 Å². The van der Waals surface area contributed by atoms with Crippen molar-refractivity contribution in [3.8, 4) is 39.1 Å². The Bertz CT molecular complexity index is 3340. The molecule has 12 rings (SSSR count). The van der Waals surface area contributed by atoms with Crippen molar-refractivity contribution >= 4 is 33.9 Å². The number of hydrogen-bond acceptors (Lipinski definition) is 2. The van der Waals surface area contributed by atoms with Crippen LogP contribution in [0.1, 0.15) is 33.9 Å². The fourth-order valence-corrected chi connectivity index (χ4v) is 10.6. The van der Waals surface area contributed by atoms with E-state index in [2.05, 4.69) is 266 Å². The number of nitrogens with zero attached hydrogens (tertiary/aromatic N) is 1. The minimum Gasteiger partial charge on any atom is -0.484 e. The van der Waals surface area contributed by atoms with E-state index in [1.165, 1.54) is 61.0 Å². The summed E-state index contributed by atoms with van der Waals surface area (Å²) in [5, 5.41) is 2.31. The van der Waals surface area contributed by atoms with Crippen LogP contribution in [0.15, 0.2) is 255 Å². The fourth-order valence-electron chi connectivity index (χ4n) is 10.6. The van der Waals surface area contributed by atoms with Gasteiger partial charge in [0.1, 0.15) is 11.9 Å². The van der Waals surface area contributed by atoms with Gasteiger partial charge in [-0.25, -0.2) is 0 Å². The summed E-state index contributed by atoms with van der Waals surface area (Å²) >= 11 is 0. The third kappa shape index (κ3) is 6.65. The number of benzene rings is 10. The Morgan fingerprint density at radius 3 is 1.62 bits per heavy atom. The molecule has 0 saturated heterocycles. The maximum Gasteiger partial charge on any atom is 0.132 e. The highest BCUT2D eigenvalue weighted by molar-refractivity contribution is 5.91. The van der Waals surface area contributed by atoms with Gasteiger partial charge in [0.05, 0.1) is 5.41 Å². The average molecular weight is 832 g/mol. The van der Waals surface area contributed by atoms with Gasteiger partial charge in [0.25, 0.3) is 0 Å². The zero-order valence-corrected chi connectivity index (χ0v) is 35.8. The van der Waals surface area contributed by atoms with E-state index in [1.54, 1.807) is 0 Å². The Morgan fingerprint density at radius 2 is 0.908 bits per heavy atom. The van der Waals surface area contributed by atoms with Gasteiger partial charge in [-0.05, 0) is 104 Å². The minimum absolute atomic E-state index is 0.00953. The van der Waals surface area contributed by atoms with Crippen molar-refractivity contribution in [2.45, 2.75) is 11.5 Å². The van der Waals surface area contributed by atoms with Gasteiger partial charge in [0, 0.05) is 39.5 Å². The molecule has 2 aliphatic rings. The molecule has 1 aliphatic carbocycles. The molecule has 0 bridgehead atoms. The molecule has 0 saturated carbocycles. The molecule has 2 nitrogen and oxygen atoms in total. The van der Waals surface area contributed by atoms with Crippen LogP contribution < -0.4 is 9.64 Å². The molecular formula is C63H45NO. The van der Waals surface area contributed by atoms with Crippen LogP contribution in [-0.2, 0) is 5.41 Å². The highest BCUT2D eigenvalue weighted by atomic mass is 16.5. The van der Waals surface area contributed by atoms with Crippen LogP contribution in [0.4, 0.5) is 17.1 Å². The molecule has 10 aromatic rings. The van der Waals surface area contributed by atoms with E-state index in [0.29, 0.717) is 0 Å². The smallest absolute Gasteiger partial charge is 0.132 e. The molecule has 10 aromatic carbocycles. The third-order valence-corrected chi connectivity index (χ3v) is 13.6. The summed E-state index contributed by atoms with van der Waals surface area (Å²) in [6.45, 7) is 0. The summed E-state index contributed by atoms with van der Waals surface area (Å²) < 4.78 is 7.29. The van der Waals surface area contributed by atoms with Crippen molar-refractivity contribution in [3.63, 3.8) is 0 Å². The first-order valence-electron chi connectivity index (χ1n) is 22.6. The lowest BCUT2D eigenvalue weighted by atomic mass is 9.56. The first kappa shape index (κ1) is 38.5. The summed E-state index contributed by atoms with van der Waals surface area (Å²) in [5.74, 6) is 0.951. The topological polar surface area (TPSA) is 12.5 Å². The molecule has 3 unspecified atom stereocenters. The minimum atomic E-state index is -0.553. The first-order chi connectivity index (χ1) is 32.2. The molecule has 65 heavy (non-hydrogen) atoms. The van der Waals surface area contributed by atoms with Crippen LogP contribution in [-0.4, -0.2) is 0 Å². The van der Waals surface area contributed by atoms with E-state index in [1.807, 2.05) is 0 Å². The van der Waals surface area contributed by atoms with Crippen molar-refractivity contribution in [3.05, 3.63) is 283 Å². The molecule has 1 aliphatic heterocycles. The van der Waals surface area contributed by atoms with E-state index < -0.39 is 5.41 Å². The molecule has 308 valence electrons. The lowest BCUT2D eigenvalue weighted by Crippen LogP contribution is -2.46. The predicted molar refractivity (Wildman–Crippen MR) is 270 cm³/mol. The molecular weight excluding hydrogens is 787 g/mol. The lowest BCUT2D eigenvalue weighted by molar-refractivity contribution is 0.104. The molecule has 3 atom stereocenters. The number of para-hydroxylation sites is 1. The van der Waals surface area contributed by atoms with Crippen molar-refractivity contribution in [2.75, 3.05) is 4.90 Å². The van der Waals surface area contributed by atoms with Crippen LogP contribution in [0, 0.1) is 5.92 Å². The van der Waals surface area contributed by atoms with Crippen LogP contribution in [0.2, 0.25) is 0 Å². The van der Waals surface area contributed by atoms with Crippen LogP contribution >= 0.6 is 0 Å². The van der Waals surface area contributed by atoms with Crippen LogP contribution in [0.25, 0.3) is 50.2 Å². The zero-order valence-electron chi connectivity index (χ0n) is 35.8. The predicted octanol–water partition coefficient (Wildman–Crippen LogP) is 16.4. The maximum absolute atomic E-state index is 7.29. The standard InChI is InChI=1S/C63H45NO/c1-4-16-44(17-5-1)49-20-14-21-50(42-49)45-30-36-55(37-31-45)64(54-26-8-3-9-27-54)56-38-32-46(33-39-56)51-22-15-25-53(43-51)63(52-23-6-2-7-24-52)59-40-34-47-18-10-12-28-57(47)61(59)65-62-58-29-13-11-19-48(58)35-41-60(62)63/h1-43,59,61H. The Kier molecular flexibility index (Phi) is 9.57. The van der Waals surface area contributed by atoms with Gasteiger partial charge >= 0.3 is 0 Å². The molecule has 0 radical (unpaired) electrons. The van der Waals surface area contributed by atoms with Crippen molar-refractivity contribution in [2.24, 2.45) is 5.92 Å². The first-order valence-corrected chi connectivity index (χ1v) is 22.6. The van der Waals surface area contributed by atoms with Gasteiger partial charge < -0.3 is 9.64 Å². The summed E-state index contributed by atoms with van der Waals surface area (Å²) in [7, 11) is 0. The second kappa shape index (κ2) is 16.2. The number of rotatable bonds is 8. The summed E-state index contributed by atoms with van der Waals surface area (Å²) in [4.78, 5) is 2.34. The van der Waals surface area contributed by atoms with E-state index in [9.17, 15) is 0 Å². The van der Waals surface area contributed by atoms with Gasteiger partial charge in [-0.2, -0.15) is 0 Å². The zero-order chi connectivity index (χ0) is 43.2. The Labute approximate surface area is 381 Å². The van der Waals surface area contributed by atoms with Crippen LogP contribution in [0.3, 0.4) is 0 Å². The summed E-state index contributed by atoms with van der Waals surface area (Å²) in [6, 6.07) is 90.3. The number of ether oxygens (including phenoxy) is 1. The quantitative estimate of drug-likeness (QED) is 0.151. The van der Waals surface area contributed by atoms with Crippen molar-refractivity contribution < 1.29 is 4.74 Å². The van der Waals surface area contributed by atoms with Crippen LogP contribution in [0.5, 0.6) is 5.75 Å². The van der Waals surface area contributed by atoms with Gasteiger partial charge in [-0.15, -0.1) is 0 Å². The number of fused-ring (bicyclic) bond motifs is 6. The van der Waals surface area contributed by atoms with Crippen molar-refractivity contribution in [1.29, 1.82) is 0 Å². The summed E-state index contributed by atoms with van der Waals surface area (Å²) in [6.07, 6.45) is 4.53. The lowest BCUT2D eigenvalue weighted by Gasteiger charge is -2.50. The van der Waals surface area contributed by atoms with Gasteiger partial charge in [0.2, 0.25) is 0 Å². The molecule has 0 spiro atoms. The highest BCUT2D eigenvalue weighted by Crippen LogP contribution is 2.60. The second-order valence-corrected chi connectivity index (χ2v) is 17.2. The molecule has 2 heteroatoms. The highest BCUT2D eigenvalue weighted by Gasteiger charge is 2.53. The Morgan fingerprint density at radius 1 is 0.385 bits per heavy atom. The van der Waals surface area contributed by atoms with Gasteiger partial charge in [-0.1, -0.05) is 212 Å². The SMILES string of the molecule is C1=CC2C(Oc3c(ccc4ccccc34)C2(c2ccccc2)c2cccc(-c3ccc(N(c4ccccc4)c4ccc(-c5cccc(-c6ccccc6)c5)cc4)cc3)c2)c2ccccc21. The van der Waals surface area contributed by atoms with Gasteiger partial charge in [0.15, 0.2) is 0 Å². The normalized spacial score (nSPS) is 17.0. The second-order valence-electron chi connectivity index (χ2n) is 17.2. The van der Waals surface area contributed by atoms with Gasteiger partial charge in [-0.3, -0.25) is 0 Å². The largest absolute Gasteiger partial charge is 0.484 e. The molecule has 0 aromatic heterocycles. The molecule has 0 N–H and O–H groups in total. The van der Waals surface area contributed by atoms with E-state index >= 15 is 0 Å². The molecule has 0 fully saturated rings.